The van der Waals surface area contributed by atoms with E-state index >= 15 is 0 Å². The Labute approximate surface area is 133 Å². The molecule has 0 aromatic carbocycles. The predicted octanol–water partition coefficient (Wildman–Crippen LogP) is 2.93. The number of carbonyl (C=O) groups is 2. The van der Waals surface area contributed by atoms with Gasteiger partial charge in [0.2, 0.25) is 0 Å². The fraction of sp³-hybridized carbons (Fsp3) is 0.0714. The molecule has 0 radical (unpaired) electrons. The highest BCUT2D eigenvalue weighted by Gasteiger charge is 2.11. The minimum absolute atomic E-state index is 0.200. The molecule has 0 aliphatic carbocycles. The molecule has 0 aliphatic rings. The summed E-state index contributed by atoms with van der Waals surface area (Å²) in [6, 6.07) is 5.21. The number of aliphatic carboxylic acids is 1. The molecule has 2 rings (SSSR count). The number of aromatic nitrogens is 1. The van der Waals surface area contributed by atoms with Gasteiger partial charge in [-0.3, -0.25) is 9.78 Å². The smallest absolute Gasteiger partial charge is 0.328 e. The number of nitrogens with one attached hydrogen (secondary N) is 1. The van der Waals surface area contributed by atoms with E-state index in [1.807, 2.05) is 11.4 Å². The van der Waals surface area contributed by atoms with Gasteiger partial charge in [0.1, 0.15) is 5.69 Å². The lowest BCUT2D eigenvalue weighted by Crippen LogP contribution is -2.24. The van der Waals surface area contributed by atoms with Crippen LogP contribution in [0, 0.1) is 0 Å². The summed E-state index contributed by atoms with van der Waals surface area (Å²) in [6.45, 7) is 0.397. The molecule has 2 N–H and O–H groups in total. The molecule has 2 aromatic rings. The van der Waals surface area contributed by atoms with E-state index in [1.54, 1.807) is 12.1 Å². The molecule has 2 heterocycles. The Kier molecular flexibility index (Phi) is 5.24. The first-order valence-electron chi connectivity index (χ1n) is 5.93. The summed E-state index contributed by atoms with van der Waals surface area (Å²) in [5, 5.41) is 13.3. The highest BCUT2D eigenvalue weighted by molar-refractivity contribution is 9.10. The third-order valence-electron chi connectivity index (χ3n) is 2.50. The number of amides is 1. The molecule has 0 saturated carbocycles. The highest BCUT2D eigenvalue weighted by atomic mass is 79.9. The van der Waals surface area contributed by atoms with Crippen molar-refractivity contribution in [3.05, 3.63) is 56.5 Å². The largest absolute Gasteiger partial charge is 0.478 e. The fourth-order valence-corrected chi connectivity index (χ4v) is 2.99. The summed E-state index contributed by atoms with van der Waals surface area (Å²) in [5.74, 6) is -1.42. The van der Waals surface area contributed by atoms with Gasteiger partial charge in [0.15, 0.2) is 0 Å². The Morgan fingerprint density at radius 3 is 2.95 bits per heavy atom. The fourth-order valence-electron chi connectivity index (χ4n) is 1.60. The van der Waals surface area contributed by atoms with Crippen molar-refractivity contribution in [1.82, 2.24) is 10.3 Å². The van der Waals surface area contributed by atoms with Crippen LogP contribution >= 0.6 is 27.3 Å². The van der Waals surface area contributed by atoms with E-state index in [0.717, 1.165) is 15.4 Å². The summed E-state index contributed by atoms with van der Waals surface area (Å²) < 4.78 is 0.972. The molecule has 108 valence electrons. The van der Waals surface area contributed by atoms with Crippen molar-refractivity contribution >= 4 is 45.2 Å². The lowest BCUT2D eigenvalue weighted by molar-refractivity contribution is -0.131. The van der Waals surface area contributed by atoms with E-state index in [1.165, 1.54) is 23.6 Å². The van der Waals surface area contributed by atoms with Crippen molar-refractivity contribution in [2.45, 2.75) is 6.54 Å². The number of nitrogens with zero attached hydrogens (tertiary/aromatic N) is 1. The Hall–Kier alpha value is -1.99. The molecule has 0 bridgehead atoms. The van der Waals surface area contributed by atoms with E-state index < -0.39 is 5.97 Å². The molecule has 21 heavy (non-hydrogen) atoms. The molecule has 0 spiro atoms. The lowest BCUT2D eigenvalue weighted by Gasteiger charge is -2.05. The third kappa shape index (κ3) is 4.51. The number of thiophene rings is 1. The lowest BCUT2D eigenvalue weighted by atomic mass is 10.1. The minimum Gasteiger partial charge on any atom is -0.478 e. The Bertz CT molecular complexity index is 697. The molecular weight excluding hydrogens is 356 g/mol. The number of halogens is 1. The maximum atomic E-state index is 12.1. The number of pyridine rings is 1. The van der Waals surface area contributed by atoms with Crippen LogP contribution in [-0.2, 0) is 11.3 Å². The number of carboxylic acids is 1. The second-order valence-corrected chi connectivity index (χ2v) is 5.94. The number of rotatable bonds is 5. The van der Waals surface area contributed by atoms with E-state index in [9.17, 15) is 9.59 Å². The van der Waals surface area contributed by atoms with Crippen molar-refractivity contribution in [3.8, 4) is 0 Å². The minimum atomic E-state index is -1.08. The average molecular weight is 367 g/mol. The first-order valence-corrected chi connectivity index (χ1v) is 7.60. The van der Waals surface area contributed by atoms with Crippen molar-refractivity contribution in [2.24, 2.45) is 0 Å². The van der Waals surface area contributed by atoms with E-state index in [-0.39, 0.29) is 11.6 Å². The Morgan fingerprint density at radius 1 is 1.48 bits per heavy atom. The quantitative estimate of drug-likeness (QED) is 0.797. The van der Waals surface area contributed by atoms with Crippen LogP contribution in [0.3, 0.4) is 0 Å². The van der Waals surface area contributed by atoms with Gasteiger partial charge in [-0.25, -0.2) is 4.79 Å². The van der Waals surface area contributed by atoms with Crippen molar-refractivity contribution in [2.75, 3.05) is 0 Å². The third-order valence-corrected chi connectivity index (χ3v) is 4.20. The number of hydrogen-bond donors (Lipinski definition) is 2. The summed E-state index contributed by atoms with van der Waals surface area (Å²) in [5.41, 5.74) is 0.662. The van der Waals surface area contributed by atoms with Crippen molar-refractivity contribution in [1.29, 1.82) is 0 Å². The molecule has 0 saturated heterocycles. The SMILES string of the molecule is O=C(O)/C=C/c1cccnc1C(=O)NCc1cc(Br)cs1. The van der Waals surface area contributed by atoms with Crippen LogP contribution in [0.1, 0.15) is 20.9 Å². The van der Waals surface area contributed by atoms with E-state index in [0.29, 0.717) is 12.1 Å². The second-order valence-electron chi connectivity index (χ2n) is 4.03. The Morgan fingerprint density at radius 2 is 2.29 bits per heavy atom. The first-order chi connectivity index (χ1) is 10.1. The normalized spacial score (nSPS) is 10.7. The van der Waals surface area contributed by atoms with E-state index in [4.69, 9.17) is 5.11 Å². The van der Waals surface area contributed by atoms with Gasteiger partial charge in [-0.05, 0) is 34.1 Å². The van der Waals surface area contributed by atoms with Crippen LogP contribution in [0.25, 0.3) is 6.08 Å². The van der Waals surface area contributed by atoms with Gasteiger partial charge in [0.05, 0.1) is 6.54 Å². The van der Waals surface area contributed by atoms with E-state index in [2.05, 4.69) is 26.2 Å². The van der Waals surface area contributed by atoms with Gasteiger partial charge in [-0.2, -0.15) is 0 Å². The molecule has 0 atom stereocenters. The molecular formula is C14H11BrN2O3S. The maximum Gasteiger partial charge on any atom is 0.328 e. The summed E-state index contributed by atoms with van der Waals surface area (Å²) in [4.78, 5) is 27.7. The van der Waals surface area contributed by atoms with Gasteiger partial charge in [0, 0.05) is 32.6 Å². The van der Waals surface area contributed by atoms with Crippen LogP contribution in [0.5, 0.6) is 0 Å². The van der Waals surface area contributed by atoms with Gasteiger partial charge >= 0.3 is 5.97 Å². The van der Waals surface area contributed by atoms with Crippen LogP contribution in [0.4, 0.5) is 0 Å². The number of hydrogen-bond acceptors (Lipinski definition) is 4. The first kappa shape index (κ1) is 15.4. The number of carbonyl (C=O) groups excluding carboxylic acids is 1. The van der Waals surface area contributed by atoms with Crippen LogP contribution in [0.15, 0.2) is 40.3 Å². The summed E-state index contributed by atoms with van der Waals surface area (Å²) >= 11 is 4.88. The summed E-state index contributed by atoms with van der Waals surface area (Å²) in [6.07, 6.45) is 3.82. The standard InChI is InChI=1S/C14H11BrN2O3S/c15-10-6-11(21-8-10)7-17-14(20)13-9(2-1-5-16-13)3-4-12(18)19/h1-6,8H,7H2,(H,17,20)(H,18,19)/b4-3+. The van der Waals surface area contributed by atoms with Crippen molar-refractivity contribution < 1.29 is 14.7 Å². The number of carboxylic acid groups (broad SMARTS) is 1. The zero-order chi connectivity index (χ0) is 15.2. The molecule has 0 fully saturated rings. The molecule has 1 amide bonds. The molecule has 2 aromatic heterocycles. The highest BCUT2D eigenvalue weighted by Crippen LogP contribution is 2.19. The molecule has 0 aliphatic heterocycles. The van der Waals surface area contributed by atoms with Gasteiger partial charge in [0.25, 0.3) is 5.91 Å². The Balaban J connectivity index is 2.10. The zero-order valence-corrected chi connectivity index (χ0v) is 13.1. The van der Waals surface area contributed by atoms with Gasteiger partial charge in [-0.1, -0.05) is 6.07 Å². The van der Waals surface area contributed by atoms with Crippen molar-refractivity contribution in [3.63, 3.8) is 0 Å². The van der Waals surface area contributed by atoms with Crippen LogP contribution in [-0.4, -0.2) is 22.0 Å². The molecule has 7 heteroatoms. The van der Waals surface area contributed by atoms with Gasteiger partial charge < -0.3 is 10.4 Å². The molecule has 0 unspecified atom stereocenters. The molecule has 5 nitrogen and oxygen atoms in total. The van der Waals surface area contributed by atoms with Crippen LogP contribution < -0.4 is 5.32 Å². The summed E-state index contributed by atoms with van der Waals surface area (Å²) in [7, 11) is 0. The zero-order valence-electron chi connectivity index (χ0n) is 10.7. The second kappa shape index (κ2) is 7.14. The monoisotopic (exact) mass is 366 g/mol. The maximum absolute atomic E-state index is 12.1. The topological polar surface area (TPSA) is 79.3 Å². The predicted molar refractivity (Wildman–Crippen MR) is 84.1 cm³/mol. The van der Waals surface area contributed by atoms with Crippen LogP contribution in [0.2, 0.25) is 0 Å². The average Bonchev–Trinajstić information content (AvgIpc) is 2.88. The van der Waals surface area contributed by atoms with Gasteiger partial charge in [-0.15, -0.1) is 11.3 Å².